The fourth-order valence-corrected chi connectivity index (χ4v) is 1.98. The molecular weight excluding hydrogens is 202 g/mol. The lowest BCUT2D eigenvalue weighted by molar-refractivity contribution is 0.737. The topological polar surface area (TPSA) is 62.7 Å². The van der Waals surface area contributed by atoms with E-state index in [2.05, 4.69) is 39.7 Å². The smallest absolute Gasteiger partial charge is 0.244 e. The molecule has 0 aromatic carbocycles. The molecule has 0 atom stereocenters. The number of anilines is 2. The molecule has 1 aliphatic carbocycles. The highest BCUT2D eigenvalue weighted by Crippen LogP contribution is 2.20. The van der Waals surface area contributed by atoms with E-state index in [0.29, 0.717) is 18.0 Å². The number of nitrogens with one attached hydrogen (secondary N) is 2. The maximum absolute atomic E-state index is 4.38. The van der Waals surface area contributed by atoms with Crippen molar-refractivity contribution in [2.24, 2.45) is 0 Å². The Kier molecular flexibility index (Phi) is 3.54. The van der Waals surface area contributed by atoms with Crippen molar-refractivity contribution >= 4 is 11.8 Å². The molecule has 1 saturated carbocycles. The van der Waals surface area contributed by atoms with Crippen molar-refractivity contribution in [2.45, 2.75) is 51.6 Å². The van der Waals surface area contributed by atoms with Crippen LogP contribution in [0.3, 0.4) is 0 Å². The molecular formula is C11H19N5. The van der Waals surface area contributed by atoms with Crippen LogP contribution in [0.4, 0.5) is 11.8 Å². The fraction of sp³-hybridized carbons (Fsp3) is 0.727. The molecule has 1 aliphatic rings. The first-order valence-corrected chi connectivity index (χ1v) is 5.97. The van der Waals surface area contributed by atoms with Crippen LogP contribution in [0.25, 0.3) is 0 Å². The van der Waals surface area contributed by atoms with Gasteiger partial charge in [-0.05, 0) is 26.7 Å². The molecule has 1 fully saturated rings. The third kappa shape index (κ3) is 3.05. The molecule has 0 aliphatic heterocycles. The standard InChI is InChI=1S/C11H19N5/c1-8(2)13-10-7-12-16-11(15-10)14-9-5-3-4-6-9/h7-9H,3-6H2,1-2H3,(H2,13,14,15,16). The maximum atomic E-state index is 4.38. The lowest BCUT2D eigenvalue weighted by Crippen LogP contribution is -2.18. The minimum absolute atomic E-state index is 0.357. The maximum Gasteiger partial charge on any atom is 0.244 e. The summed E-state index contributed by atoms with van der Waals surface area (Å²) in [6.07, 6.45) is 6.68. The second-order valence-electron chi connectivity index (χ2n) is 4.59. The predicted octanol–water partition coefficient (Wildman–Crippen LogP) is 2.05. The Labute approximate surface area is 96.1 Å². The van der Waals surface area contributed by atoms with Gasteiger partial charge in [0.05, 0.1) is 6.20 Å². The van der Waals surface area contributed by atoms with Gasteiger partial charge in [0, 0.05) is 12.1 Å². The van der Waals surface area contributed by atoms with E-state index >= 15 is 0 Å². The summed E-state index contributed by atoms with van der Waals surface area (Å²) >= 11 is 0. The van der Waals surface area contributed by atoms with E-state index in [0.717, 1.165) is 5.82 Å². The van der Waals surface area contributed by atoms with Gasteiger partial charge in [0.25, 0.3) is 0 Å². The average Bonchev–Trinajstić information content (AvgIpc) is 2.70. The molecule has 0 unspecified atom stereocenters. The van der Waals surface area contributed by atoms with Crippen LogP contribution in [-0.2, 0) is 0 Å². The summed E-state index contributed by atoms with van der Waals surface area (Å²) in [5.41, 5.74) is 0. The van der Waals surface area contributed by atoms with E-state index in [4.69, 9.17) is 0 Å². The molecule has 2 rings (SSSR count). The summed E-state index contributed by atoms with van der Waals surface area (Å²) < 4.78 is 0. The van der Waals surface area contributed by atoms with E-state index in [-0.39, 0.29) is 0 Å². The molecule has 0 spiro atoms. The van der Waals surface area contributed by atoms with Crippen molar-refractivity contribution in [3.63, 3.8) is 0 Å². The summed E-state index contributed by atoms with van der Waals surface area (Å²) in [4.78, 5) is 4.38. The van der Waals surface area contributed by atoms with Crippen molar-refractivity contribution in [3.05, 3.63) is 6.20 Å². The monoisotopic (exact) mass is 221 g/mol. The lowest BCUT2D eigenvalue weighted by Gasteiger charge is -2.13. The highest BCUT2D eigenvalue weighted by atomic mass is 15.3. The second-order valence-corrected chi connectivity index (χ2v) is 4.59. The largest absolute Gasteiger partial charge is 0.366 e. The first-order chi connectivity index (χ1) is 7.74. The normalized spacial score (nSPS) is 16.7. The third-order valence-corrected chi connectivity index (χ3v) is 2.68. The minimum Gasteiger partial charge on any atom is -0.366 e. The fourth-order valence-electron chi connectivity index (χ4n) is 1.98. The van der Waals surface area contributed by atoms with E-state index in [9.17, 15) is 0 Å². The van der Waals surface area contributed by atoms with Gasteiger partial charge in [-0.15, -0.1) is 5.10 Å². The van der Waals surface area contributed by atoms with Crippen LogP contribution in [-0.4, -0.2) is 27.3 Å². The Morgan fingerprint density at radius 3 is 2.75 bits per heavy atom. The lowest BCUT2D eigenvalue weighted by atomic mass is 10.3. The molecule has 1 aromatic heterocycles. The quantitative estimate of drug-likeness (QED) is 0.814. The van der Waals surface area contributed by atoms with Gasteiger partial charge in [-0.3, -0.25) is 0 Å². The van der Waals surface area contributed by atoms with Gasteiger partial charge in [0.1, 0.15) is 0 Å². The van der Waals surface area contributed by atoms with Crippen molar-refractivity contribution in [1.29, 1.82) is 0 Å². The Balaban J connectivity index is 1.97. The van der Waals surface area contributed by atoms with Crippen LogP contribution in [0, 0.1) is 0 Å². The molecule has 88 valence electrons. The van der Waals surface area contributed by atoms with Gasteiger partial charge in [-0.2, -0.15) is 10.1 Å². The number of hydrogen-bond donors (Lipinski definition) is 2. The van der Waals surface area contributed by atoms with Crippen molar-refractivity contribution in [1.82, 2.24) is 15.2 Å². The van der Waals surface area contributed by atoms with Gasteiger partial charge in [-0.25, -0.2) is 0 Å². The zero-order chi connectivity index (χ0) is 11.4. The van der Waals surface area contributed by atoms with Gasteiger partial charge in [0.15, 0.2) is 5.82 Å². The van der Waals surface area contributed by atoms with Gasteiger partial charge in [-0.1, -0.05) is 12.8 Å². The minimum atomic E-state index is 0.357. The zero-order valence-corrected chi connectivity index (χ0v) is 9.90. The first-order valence-electron chi connectivity index (χ1n) is 5.97. The molecule has 16 heavy (non-hydrogen) atoms. The average molecular weight is 221 g/mol. The van der Waals surface area contributed by atoms with Crippen LogP contribution in [0.1, 0.15) is 39.5 Å². The molecule has 5 heteroatoms. The van der Waals surface area contributed by atoms with Crippen molar-refractivity contribution < 1.29 is 0 Å². The van der Waals surface area contributed by atoms with Crippen LogP contribution in [0.2, 0.25) is 0 Å². The number of aromatic nitrogens is 3. The molecule has 1 aromatic rings. The number of nitrogens with zero attached hydrogens (tertiary/aromatic N) is 3. The summed E-state index contributed by atoms with van der Waals surface area (Å²) in [7, 11) is 0. The molecule has 0 saturated heterocycles. The highest BCUT2D eigenvalue weighted by molar-refractivity contribution is 5.38. The van der Waals surface area contributed by atoms with Crippen molar-refractivity contribution in [3.8, 4) is 0 Å². The Bertz CT molecular complexity index is 333. The molecule has 0 amide bonds. The van der Waals surface area contributed by atoms with Gasteiger partial charge >= 0.3 is 0 Å². The first kappa shape index (κ1) is 11.1. The number of rotatable bonds is 4. The van der Waals surface area contributed by atoms with Crippen LogP contribution < -0.4 is 10.6 Å². The summed E-state index contributed by atoms with van der Waals surface area (Å²) in [5, 5.41) is 14.5. The number of hydrogen-bond acceptors (Lipinski definition) is 5. The summed E-state index contributed by atoms with van der Waals surface area (Å²) in [6, 6.07) is 0.882. The molecule has 5 nitrogen and oxygen atoms in total. The van der Waals surface area contributed by atoms with Gasteiger partial charge in [0.2, 0.25) is 5.95 Å². The Hall–Kier alpha value is -1.39. The van der Waals surface area contributed by atoms with E-state index in [1.165, 1.54) is 25.7 Å². The van der Waals surface area contributed by atoms with Crippen LogP contribution in [0.5, 0.6) is 0 Å². The van der Waals surface area contributed by atoms with Crippen LogP contribution >= 0.6 is 0 Å². The second kappa shape index (κ2) is 5.09. The van der Waals surface area contributed by atoms with Crippen molar-refractivity contribution in [2.75, 3.05) is 10.6 Å². The Morgan fingerprint density at radius 2 is 2.06 bits per heavy atom. The Morgan fingerprint density at radius 1 is 1.31 bits per heavy atom. The zero-order valence-electron chi connectivity index (χ0n) is 9.90. The predicted molar refractivity (Wildman–Crippen MR) is 64.5 cm³/mol. The summed E-state index contributed by atoms with van der Waals surface area (Å²) in [6.45, 7) is 4.15. The molecule has 0 bridgehead atoms. The molecule has 0 radical (unpaired) electrons. The van der Waals surface area contributed by atoms with E-state index < -0.39 is 0 Å². The SMILES string of the molecule is CC(C)Nc1cnnc(NC2CCCC2)n1. The highest BCUT2D eigenvalue weighted by Gasteiger charge is 2.15. The van der Waals surface area contributed by atoms with Gasteiger partial charge < -0.3 is 10.6 Å². The summed E-state index contributed by atoms with van der Waals surface area (Å²) in [5.74, 6) is 1.42. The van der Waals surface area contributed by atoms with E-state index in [1.54, 1.807) is 6.20 Å². The van der Waals surface area contributed by atoms with Crippen LogP contribution in [0.15, 0.2) is 6.20 Å². The third-order valence-electron chi connectivity index (χ3n) is 2.68. The molecule has 2 N–H and O–H groups in total. The molecule has 1 heterocycles. The van der Waals surface area contributed by atoms with E-state index in [1.807, 2.05) is 0 Å².